The van der Waals surface area contributed by atoms with Crippen LogP contribution in [0.25, 0.3) is 0 Å². The molecule has 35 heavy (non-hydrogen) atoms. The molecule has 0 spiro atoms. The number of hydrogen-bond acceptors (Lipinski definition) is 5. The fourth-order valence-electron chi connectivity index (χ4n) is 3.39. The normalized spacial score (nSPS) is 12.7. The minimum atomic E-state index is -0.582. The van der Waals surface area contributed by atoms with Crippen LogP contribution in [0.2, 0.25) is 0 Å². The Kier molecular flexibility index (Phi) is 10.1. The van der Waals surface area contributed by atoms with E-state index in [4.69, 9.17) is 4.74 Å². The van der Waals surface area contributed by atoms with Crippen molar-refractivity contribution in [2.75, 3.05) is 7.05 Å². The molecule has 0 bridgehead atoms. The molecule has 0 radical (unpaired) electrons. The van der Waals surface area contributed by atoms with Gasteiger partial charge in [-0.1, -0.05) is 61.7 Å². The number of aromatic nitrogens is 1. The summed E-state index contributed by atoms with van der Waals surface area (Å²) in [7, 11) is 1.68. The summed E-state index contributed by atoms with van der Waals surface area (Å²) in [5, 5.41) is 5.32. The summed E-state index contributed by atoms with van der Waals surface area (Å²) >= 11 is 1.31. The Balaban J connectivity index is 2.13. The minimum absolute atomic E-state index is 0.0885. The Morgan fingerprint density at radius 2 is 1.86 bits per heavy atom. The van der Waals surface area contributed by atoms with E-state index >= 15 is 0 Å². The first-order valence-corrected chi connectivity index (χ1v) is 12.7. The van der Waals surface area contributed by atoms with Gasteiger partial charge in [0.25, 0.3) is 5.91 Å². The Bertz CT molecular complexity index is 1080. The largest absolute Gasteiger partial charge is 0.444 e. The zero-order valence-electron chi connectivity index (χ0n) is 22.0. The molecule has 0 aliphatic carbocycles. The molecule has 2 atom stereocenters. The van der Waals surface area contributed by atoms with E-state index in [2.05, 4.69) is 28.2 Å². The maximum atomic E-state index is 12.9. The molecular formula is C28H37N3O3S. The van der Waals surface area contributed by atoms with E-state index in [1.807, 2.05) is 78.8 Å². The standard InChI is InChI=1S/C28H37N3O3S/c1-19(2)16-22(17-21-12-10-9-11-13-21)29-26(32)23-18-35-25(30-23)15-14-24(20(3)4)31(8)27(33)34-28(5,6)7/h9-13,16,18,20,22,24H,17H2,1-8H3,(H,29,32)/t22-,24-/m1/s1. The van der Waals surface area contributed by atoms with Crippen molar-refractivity contribution in [3.8, 4) is 11.8 Å². The molecule has 2 rings (SSSR count). The van der Waals surface area contributed by atoms with Crippen LogP contribution in [0.1, 0.15) is 69.5 Å². The van der Waals surface area contributed by atoms with E-state index in [1.165, 1.54) is 16.2 Å². The number of carbonyl (C=O) groups excluding carboxylic acids is 2. The van der Waals surface area contributed by atoms with Gasteiger partial charge in [-0.15, -0.1) is 11.3 Å². The number of benzene rings is 1. The number of nitrogens with one attached hydrogen (secondary N) is 1. The molecule has 6 nitrogen and oxygen atoms in total. The third kappa shape index (κ3) is 9.58. The van der Waals surface area contributed by atoms with Crippen molar-refractivity contribution in [1.82, 2.24) is 15.2 Å². The van der Waals surface area contributed by atoms with Crippen LogP contribution in [0.3, 0.4) is 0 Å². The summed E-state index contributed by atoms with van der Waals surface area (Å²) in [4.78, 5) is 31.3. The SMILES string of the molecule is CC(C)=C[C@H](Cc1ccccc1)NC(=O)c1csc(C#C[C@H](C(C)C)N(C)C(=O)OC(C)(C)C)n1. The predicted octanol–water partition coefficient (Wildman–Crippen LogP) is 5.69. The van der Waals surface area contributed by atoms with Crippen LogP contribution >= 0.6 is 11.3 Å². The quantitative estimate of drug-likeness (QED) is 0.395. The third-order valence-electron chi connectivity index (χ3n) is 4.94. The van der Waals surface area contributed by atoms with Crippen molar-refractivity contribution < 1.29 is 14.3 Å². The molecule has 2 amide bonds. The summed E-state index contributed by atoms with van der Waals surface area (Å²) in [6.07, 6.45) is 2.33. The summed E-state index contributed by atoms with van der Waals surface area (Å²) in [6, 6.07) is 9.57. The maximum absolute atomic E-state index is 12.9. The van der Waals surface area contributed by atoms with Crippen molar-refractivity contribution in [3.05, 3.63) is 63.6 Å². The maximum Gasteiger partial charge on any atom is 0.411 e. The number of allylic oxidation sites excluding steroid dienone is 1. The number of carbonyl (C=O) groups is 2. The lowest BCUT2D eigenvalue weighted by atomic mass is 10.0. The molecule has 1 heterocycles. The van der Waals surface area contributed by atoms with Crippen molar-refractivity contribution in [3.63, 3.8) is 0 Å². The van der Waals surface area contributed by atoms with E-state index in [9.17, 15) is 9.59 Å². The van der Waals surface area contributed by atoms with Gasteiger partial charge in [-0.3, -0.25) is 9.69 Å². The van der Waals surface area contributed by atoms with Crippen LogP contribution in [0.15, 0.2) is 47.4 Å². The number of amides is 2. The number of hydrogen-bond donors (Lipinski definition) is 1. The molecule has 0 saturated carbocycles. The van der Waals surface area contributed by atoms with Crippen LogP contribution in [0.4, 0.5) is 4.79 Å². The summed E-state index contributed by atoms with van der Waals surface area (Å²) in [5.74, 6) is 6.03. The molecule has 7 heteroatoms. The average molecular weight is 496 g/mol. The fourth-order valence-corrected chi connectivity index (χ4v) is 4.05. The molecule has 188 valence electrons. The second kappa shape index (κ2) is 12.6. The topological polar surface area (TPSA) is 71.5 Å². The first kappa shape index (κ1) is 28.1. The zero-order valence-corrected chi connectivity index (χ0v) is 22.8. The molecule has 0 saturated heterocycles. The van der Waals surface area contributed by atoms with E-state index in [0.717, 1.165) is 11.1 Å². The van der Waals surface area contributed by atoms with E-state index < -0.39 is 11.7 Å². The lowest BCUT2D eigenvalue weighted by molar-refractivity contribution is 0.0231. The number of thiazole rings is 1. The second-order valence-corrected chi connectivity index (χ2v) is 11.0. The zero-order chi connectivity index (χ0) is 26.2. The lowest BCUT2D eigenvalue weighted by Gasteiger charge is -2.30. The monoisotopic (exact) mass is 495 g/mol. The Labute approximate surface area is 213 Å². The third-order valence-corrected chi connectivity index (χ3v) is 5.70. The smallest absolute Gasteiger partial charge is 0.411 e. The van der Waals surface area contributed by atoms with E-state index in [0.29, 0.717) is 17.1 Å². The van der Waals surface area contributed by atoms with Gasteiger partial charge in [-0.2, -0.15) is 0 Å². The molecular weight excluding hydrogens is 458 g/mol. The Hall–Kier alpha value is -3.11. The van der Waals surface area contributed by atoms with Gasteiger partial charge in [0, 0.05) is 12.4 Å². The second-order valence-electron chi connectivity index (χ2n) is 10.1. The van der Waals surface area contributed by atoms with Crippen LogP contribution in [-0.2, 0) is 11.2 Å². The highest BCUT2D eigenvalue weighted by Gasteiger charge is 2.26. The van der Waals surface area contributed by atoms with Crippen molar-refractivity contribution in [1.29, 1.82) is 0 Å². The first-order valence-electron chi connectivity index (χ1n) is 11.8. The molecule has 0 aliphatic heterocycles. The molecule has 2 aromatic rings. The van der Waals surface area contributed by atoms with Gasteiger partial charge in [0.15, 0.2) is 5.01 Å². The molecule has 1 aromatic carbocycles. The van der Waals surface area contributed by atoms with Gasteiger partial charge in [0.05, 0.1) is 12.1 Å². The average Bonchev–Trinajstić information content (AvgIpc) is 3.21. The lowest BCUT2D eigenvalue weighted by Crippen LogP contribution is -2.42. The van der Waals surface area contributed by atoms with E-state index in [1.54, 1.807) is 12.4 Å². The van der Waals surface area contributed by atoms with Gasteiger partial charge in [-0.25, -0.2) is 9.78 Å². The van der Waals surface area contributed by atoms with Gasteiger partial charge in [0.1, 0.15) is 11.3 Å². The highest BCUT2D eigenvalue weighted by Crippen LogP contribution is 2.16. The number of ether oxygens (including phenoxy) is 1. The summed E-state index contributed by atoms with van der Waals surface area (Å²) in [5.41, 5.74) is 2.03. The van der Waals surface area contributed by atoms with Gasteiger partial charge in [0.2, 0.25) is 0 Å². The molecule has 1 aromatic heterocycles. The van der Waals surface area contributed by atoms with Crippen LogP contribution in [0.5, 0.6) is 0 Å². The molecule has 0 unspecified atom stereocenters. The first-order chi connectivity index (χ1) is 16.4. The predicted molar refractivity (Wildman–Crippen MR) is 142 cm³/mol. The van der Waals surface area contributed by atoms with Crippen molar-refractivity contribution in [2.24, 2.45) is 5.92 Å². The van der Waals surface area contributed by atoms with Crippen molar-refractivity contribution >= 4 is 23.3 Å². The highest BCUT2D eigenvalue weighted by atomic mass is 32.1. The summed E-state index contributed by atoms with van der Waals surface area (Å²) in [6.45, 7) is 13.5. The Morgan fingerprint density at radius 1 is 1.20 bits per heavy atom. The minimum Gasteiger partial charge on any atom is -0.444 e. The van der Waals surface area contributed by atoms with Crippen LogP contribution in [-0.4, -0.2) is 46.6 Å². The molecule has 0 fully saturated rings. The summed E-state index contributed by atoms with van der Waals surface area (Å²) < 4.78 is 5.47. The van der Waals surface area contributed by atoms with Gasteiger partial charge < -0.3 is 10.1 Å². The van der Waals surface area contributed by atoms with Gasteiger partial charge >= 0.3 is 6.09 Å². The number of rotatable bonds is 7. The fraction of sp³-hybridized carbons (Fsp3) is 0.464. The highest BCUT2D eigenvalue weighted by molar-refractivity contribution is 7.10. The van der Waals surface area contributed by atoms with E-state index in [-0.39, 0.29) is 23.9 Å². The van der Waals surface area contributed by atoms with Crippen molar-refractivity contribution in [2.45, 2.75) is 72.6 Å². The van der Waals surface area contributed by atoms with Crippen LogP contribution in [0, 0.1) is 17.8 Å². The van der Waals surface area contributed by atoms with Gasteiger partial charge in [-0.05, 0) is 58.4 Å². The molecule has 0 aliphatic rings. The van der Waals surface area contributed by atoms with Crippen LogP contribution < -0.4 is 5.32 Å². The Morgan fingerprint density at radius 3 is 2.43 bits per heavy atom. The molecule has 1 N–H and O–H groups in total. The number of nitrogens with zero attached hydrogens (tertiary/aromatic N) is 2.